The molecule has 0 aliphatic carbocycles. The van der Waals surface area contributed by atoms with Crippen molar-refractivity contribution < 1.29 is 26.4 Å². The Labute approximate surface area is 196 Å². The highest BCUT2D eigenvalue weighted by Crippen LogP contribution is 2.31. The van der Waals surface area contributed by atoms with Crippen molar-refractivity contribution in [2.24, 2.45) is 0 Å². The number of terminal acetylenes is 1. The van der Waals surface area contributed by atoms with Crippen LogP contribution in [0, 0.1) is 12.3 Å². The Hall–Kier alpha value is -3.52. The Morgan fingerprint density at radius 2 is 1.94 bits per heavy atom. The zero-order valence-corrected chi connectivity index (χ0v) is 19.5. The average molecular weight is 495 g/mol. The third-order valence-corrected chi connectivity index (χ3v) is 5.19. The predicted molar refractivity (Wildman–Crippen MR) is 126 cm³/mol. The molecular formula is C23H25F3N4O3S. The molecule has 34 heavy (non-hydrogen) atoms. The van der Waals surface area contributed by atoms with Gasteiger partial charge in [-0.1, -0.05) is 31.9 Å². The number of pyridine rings is 1. The summed E-state index contributed by atoms with van der Waals surface area (Å²) in [6.45, 7) is 6.07. The van der Waals surface area contributed by atoms with Gasteiger partial charge in [-0.2, -0.15) is 13.2 Å². The second-order valence-electron chi connectivity index (χ2n) is 7.43. The quantitative estimate of drug-likeness (QED) is 0.263. The van der Waals surface area contributed by atoms with E-state index in [-0.39, 0.29) is 34.8 Å². The maximum Gasteiger partial charge on any atom is 0.433 e. The molecule has 0 atom stereocenters. The summed E-state index contributed by atoms with van der Waals surface area (Å²) in [6, 6.07) is 6.55. The molecule has 1 heterocycles. The number of unbranched alkanes of at least 4 members (excludes halogenated alkanes) is 1. The first kappa shape index (κ1) is 26.7. The first-order valence-corrected chi connectivity index (χ1v) is 12.1. The minimum absolute atomic E-state index is 0.0261. The van der Waals surface area contributed by atoms with E-state index < -0.39 is 27.8 Å². The first-order valence-electron chi connectivity index (χ1n) is 10.2. The van der Waals surface area contributed by atoms with Gasteiger partial charge in [0.2, 0.25) is 10.0 Å². The first-order chi connectivity index (χ1) is 15.9. The summed E-state index contributed by atoms with van der Waals surface area (Å²) in [5, 5.41) is 5.48. The molecule has 0 saturated carbocycles. The molecule has 0 fully saturated rings. The number of hydrogen-bond acceptors (Lipinski definition) is 5. The van der Waals surface area contributed by atoms with Crippen molar-refractivity contribution >= 4 is 33.0 Å². The van der Waals surface area contributed by atoms with Crippen LogP contribution in [0.4, 0.5) is 24.7 Å². The van der Waals surface area contributed by atoms with Crippen LogP contribution in [0.25, 0.3) is 5.57 Å². The van der Waals surface area contributed by atoms with E-state index in [1.807, 2.05) is 6.92 Å². The highest BCUT2D eigenvalue weighted by molar-refractivity contribution is 7.92. The second kappa shape index (κ2) is 11.1. The highest BCUT2D eigenvalue weighted by atomic mass is 32.2. The highest BCUT2D eigenvalue weighted by Gasteiger charge is 2.33. The molecule has 2 aromatic rings. The van der Waals surface area contributed by atoms with Crippen molar-refractivity contribution in [3.63, 3.8) is 0 Å². The number of benzene rings is 1. The number of anilines is 2. The lowest BCUT2D eigenvalue weighted by Gasteiger charge is -2.16. The number of rotatable bonds is 10. The van der Waals surface area contributed by atoms with E-state index in [9.17, 15) is 26.4 Å². The largest absolute Gasteiger partial charge is 0.433 e. The molecule has 7 nitrogen and oxygen atoms in total. The van der Waals surface area contributed by atoms with Gasteiger partial charge in [0, 0.05) is 29.8 Å². The Morgan fingerprint density at radius 1 is 1.24 bits per heavy atom. The third kappa shape index (κ3) is 7.52. The molecule has 0 unspecified atom stereocenters. The Balaban J connectivity index is 2.19. The lowest BCUT2D eigenvalue weighted by molar-refractivity contribution is -0.141. The number of aromatic nitrogens is 1. The molecule has 1 aromatic carbocycles. The van der Waals surface area contributed by atoms with Crippen molar-refractivity contribution in [2.75, 3.05) is 22.8 Å². The zero-order valence-electron chi connectivity index (χ0n) is 18.7. The van der Waals surface area contributed by atoms with Crippen molar-refractivity contribution in [1.82, 2.24) is 10.3 Å². The van der Waals surface area contributed by atoms with Gasteiger partial charge in [-0.25, -0.2) is 13.4 Å². The van der Waals surface area contributed by atoms with Crippen LogP contribution in [0.15, 0.2) is 36.9 Å². The Kier molecular flexibility index (Phi) is 8.70. The van der Waals surface area contributed by atoms with Crippen LogP contribution in [0.1, 0.15) is 42.1 Å². The summed E-state index contributed by atoms with van der Waals surface area (Å²) >= 11 is 0. The Bertz CT molecular complexity index is 1220. The van der Waals surface area contributed by atoms with Crippen LogP contribution in [0.2, 0.25) is 0 Å². The normalized spacial score (nSPS) is 11.4. The van der Waals surface area contributed by atoms with Gasteiger partial charge in [0.05, 0.1) is 11.9 Å². The van der Waals surface area contributed by atoms with Gasteiger partial charge in [0.25, 0.3) is 5.91 Å². The monoisotopic (exact) mass is 494 g/mol. The topological polar surface area (TPSA) is 100 Å². The summed E-state index contributed by atoms with van der Waals surface area (Å²) in [5.41, 5.74) is 0.105. The molecule has 3 N–H and O–H groups in total. The number of alkyl halides is 3. The maximum atomic E-state index is 13.1. The second-order valence-corrected chi connectivity index (χ2v) is 9.18. The molecule has 0 bridgehead atoms. The molecule has 0 saturated heterocycles. The Morgan fingerprint density at radius 3 is 2.53 bits per heavy atom. The van der Waals surface area contributed by atoms with Gasteiger partial charge in [0.15, 0.2) is 0 Å². The molecule has 2 rings (SSSR count). The fourth-order valence-electron chi connectivity index (χ4n) is 2.90. The van der Waals surface area contributed by atoms with E-state index in [0.717, 1.165) is 24.8 Å². The number of nitrogens with one attached hydrogen (secondary N) is 3. The number of hydrogen-bond donors (Lipinski definition) is 3. The maximum absolute atomic E-state index is 13.1. The summed E-state index contributed by atoms with van der Waals surface area (Å²) in [7, 11) is -3.52. The summed E-state index contributed by atoms with van der Waals surface area (Å²) < 4.78 is 64.5. The molecule has 1 amide bonds. The molecule has 0 radical (unpaired) electrons. The van der Waals surface area contributed by atoms with Crippen LogP contribution in [0.5, 0.6) is 0 Å². The van der Waals surface area contributed by atoms with E-state index in [0.29, 0.717) is 18.5 Å². The number of nitrogens with zero attached hydrogens (tertiary/aromatic N) is 1. The molecule has 182 valence electrons. The van der Waals surface area contributed by atoms with Crippen molar-refractivity contribution in [1.29, 1.82) is 0 Å². The number of carbonyl (C=O) groups excluding carboxylic acids is 1. The van der Waals surface area contributed by atoms with Gasteiger partial charge < -0.3 is 10.6 Å². The van der Waals surface area contributed by atoms with E-state index in [2.05, 4.69) is 32.8 Å². The molecular weight excluding hydrogens is 469 g/mol. The van der Waals surface area contributed by atoms with Crippen molar-refractivity contribution in [2.45, 2.75) is 32.5 Å². The van der Waals surface area contributed by atoms with E-state index in [4.69, 9.17) is 6.42 Å². The lowest BCUT2D eigenvalue weighted by Crippen LogP contribution is -2.24. The van der Waals surface area contributed by atoms with Gasteiger partial charge >= 0.3 is 6.18 Å². The predicted octanol–water partition coefficient (Wildman–Crippen LogP) is 3.99. The van der Waals surface area contributed by atoms with Crippen LogP contribution in [-0.2, 0) is 27.5 Å². The molecule has 0 aliphatic heterocycles. The van der Waals surface area contributed by atoms with Gasteiger partial charge in [-0.15, -0.1) is 6.42 Å². The zero-order chi connectivity index (χ0) is 25.5. The average Bonchev–Trinajstić information content (AvgIpc) is 2.76. The van der Waals surface area contributed by atoms with Crippen LogP contribution in [-0.4, -0.2) is 32.1 Å². The number of carbonyl (C=O) groups is 1. The lowest BCUT2D eigenvalue weighted by atomic mass is 10.1. The fourth-order valence-corrected chi connectivity index (χ4v) is 3.48. The number of halogens is 3. The fraction of sp³-hybridized carbons (Fsp3) is 0.304. The number of amides is 1. The van der Waals surface area contributed by atoms with Crippen LogP contribution in [0.3, 0.4) is 0 Å². The SMILES string of the molecule is C#Cc1cc(CNC(=O)C(=C)c2ccc(C(F)(F)F)nc2NCCCC)ccc1NS(C)(=O)=O. The summed E-state index contributed by atoms with van der Waals surface area (Å²) in [4.78, 5) is 16.3. The van der Waals surface area contributed by atoms with E-state index in [1.54, 1.807) is 6.07 Å². The molecule has 0 spiro atoms. The van der Waals surface area contributed by atoms with Gasteiger partial charge in [0.1, 0.15) is 11.5 Å². The van der Waals surface area contributed by atoms with E-state index >= 15 is 0 Å². The molecule has 11 heteroatoms. The molecule has 0 aliphatic rings. The van der Waals surface area contributed by atoms with E-state index in [1.165, 1.54) is 12.1 Å². The summed E-state index contributed by atoms with van der Waals surface area (Å²) in [6.07, 6.45) is 3.34. The van der Waals surface area contributed by atoms with Gasteiger partial charge in [-0.05, 0) is 36.2 Å². The standard InChI is InChI=1S/C23H25F3N4O3S/c1-5-7-12-27-21-18(9-11-20(29-21)23(24,25)26)15(3)22(31)28-14-16-8-10-19(17(6-2)13-16)30-34(4,32)33/h2,8-11,13,30H,3,5,7,12,14H2,1,4H3,(H,27,29)(H,28,31). The minimum atomic E-state index is -4.63. The molecule has 1 aromatic heterocycles. The summed E-state index contributed by atoms with van der Waals surface area (Å²) in [5.74, 6) is 1.69. The minimum Gasteiger partial charge on any atom is -0.370 e. The van der Waals surface area contributed by atoms with Crippen molar-refractivity contribution in [3.8, 4) is 12.3 Å². The number of sulfonamides is 1. The van der Waals surface area contributed by atoms with Crippen LogP contribution >= 0.6 is 0 Å². The van der Waals surface area contributed by atoms with Gasteiger partial charge in [-0.3, -0.25) is 9.52 Å². The smallest absolute Gasteiger partial charge is 0.370 e. The third-order valence-electron chi connectivity index (χ3n) is 4.60. The van der Waals surface area contributed by atoms with Crippen molar-refractivity contribution in [3.05, 3.63) is 59.3 Å². The van der Waals surface area contributed by atoms with Crippen LogP contribution < -0.4 is 15.4 Å².